The number of alkyl halides is 3. The molecule has 0 aromatic heterocycles. The van der Waals surface area contributed by atoms with Crippen LogP contribution in [-0.4, -0.2) is 0 Å². The number of nitrogens with zero attached hydrogens (tertiary/aromatic N) is 1. The molecule has 0 heterocycles. The molecule has 1 aromatic carbocycles. The summed E-state index contributed by atoms with van der Waals surface area (Å²) in [6.45, 7) is 0. The highest BCUT2D eigenvalue weighted by Crippen LogP contribution is 2.35. The van der Waals surface area contributed by atoms with Gasteiger partial charge in [-0.25, -0.2) is 0 Å². The van der Waals surface area contributed by atoms with E-state index in [0.29, 0.717) is 5.56 Å². The van der Waals surface area contributed by atoms with E-state index < -0.39 is 11.7 Å². The molecule has 0 fully saturated rings. The van der Waals surface area contributed by atoms with Gasteiger partial charge in [-0.3, -0.25) is 0 Å². The fourth-order valence-corrected chi connectivity index (χ4v) is 1.29. The molecule has 0 saturated carbocycles. The highest BCUT2D eigenvalue weighted by Gasteiger charge is 2.32. The summed E-state index contributed by atoms with van der Waals surface area (Å²) in [5.74, 6) is 0. The lowest BCUT2D eigenvalue weighted by Crippen LogP contribution is -2.05. The van der Waals surface area contributed by atoms with E-state index in [-0.39, 0.29) is 5.02 Å². The number of benzene rings is 1. The van der Waals surface area contributed by atoms with E-state index in [2.05, 4.69) is 0 Å². The summed E-state index contributed by atoms with van der Waals surface area (Å²) in [4.78, 5) is 0. The maximum atomic E-state index is 12.3. The van der Waals surface area contributed by atoms with Gasteiger partial charge in [0, 0.05) is 6.08 Å². The van der Waals surface area contributed by atoms with Crippen molar-refractivity contribution in [3.8, 4) is 6.07 Å². The van der Waals surface area contributed by atoms with Gasteiger partial charge in [-0.15, -0.1) is 0 Å². The second-order valence-corrected chi connectivity index (χ2v) is 3.11. The maximum Gasteiger partial charge on any atom is 0.417 e. The van der Waals surface area contributed by atoms with Gasteiger partial charge in [-0.05, 0) is 23.8 Å². The van der Waals surface area contributed by atoms with Gasteiger partial charge in [0.1, 0.15) is 0 Å². The Hall–Kier alpha value is -1.47. The molecule has 0 N–H and O–H groups in total. The van der Waals surface area contributed by atoms with Crippen molar-refractivity contribution in [2.75, 3.05) is 0 Å². The van der Waals surface area contributed by atoms with E-state index in [4.69, 9.17) is 16.9 Å². The van der Waals surface area contributed by atoms with E-state index >= 15 is 0 Å². The molecule has 0 aliphatic heterocycles. The molecule has 0 amide bonds. The second kappa shape index (κ2) is 4.37. The van der Waals surface area contributed by atoms with Crippen LogP contribution in [0, 0.1) is 11.3 Å². The number of allylic oxidation sites excluding steroid dienone is 1. The van der Waals surface area contributed by atoms with Crippen molar-refractivity contribution in [3.63, 3.8) is 0 Å². The molecule has 1 nitrogen and oxygen atoms in total. The van der Waals surface area contributed by atoms with Crippen LogP contribution < -0.4 is 0 Å². The van der Waals surface area contributed by atoms with Crippen LogP contribution in [0.2, 0.25) is 5.02 Å². The topological polar surface area (TPSA) is 23.8 Å². The fourth-order valence-electron chi connectivity index (χ4n) is 0.998. The first-order chi connectivity index (χ1) is 6.95. The lowest BCUT2D eigenvalue weighted by Gasteiger charge is -2.08. The van der Waals surface area contributed by atoms with Crippen LogP contribution in [0.15, 0.2) is 24.3 Å². The number of hydrogen-bond acceptors (Lipinski definition) is 1. The summed E-state index contributed by atoms with van der Waals surface area (Å²) < 4.78 is 36.8. The van der Waals surface area contributed by atoms with Crippen molar-refractivity contribution in [3.05, 3.63) is 40.4 Å². The van der Waals surface area contributed by atoms with E-state index in [1.807, 2.05) is 0 Å². The molecule has 1 aromatic rings. The molecule has 1 rings (SSSR count). The standard InChI is InChI=1S/C10H5ClF3N/c11-9-6-7(2-1-5-15)3-4-8(9)10(12,13)14/h1-4,6H. The predicted octanol–water partition coefficient (Wildman–Crippen LogP) is 3.90. The van der Waals surface area contributed by atoms with Crippen LogP contribution in [0.5, 0.6) is 0 Å². The second-order valence-electron chi connectivity index (χ2n) is 2.70. The minimum Gasteiger partial charge on any atom is -0.193 e. The third kappa shape index (κ3) is 3.00. The Balaban J connectivity index is 3.10. The lowest BCUT2D eigenvalue weighted by molar-refractivity contribution is -0.137. The van der Waals surface area contributed by atoms with Crippen LogP contribution >= 0.6 is 11.6 Å². The molecule has 0 aliphatic rings. The molecule has 0 unspecified atom stereocenters. The first-order valence-electron chi connectivity index (χ1n) is 3.88. The summed E-state index contributed by atoms with van der Waals surface area (Å²) in [6, 6.07) is 5.04. The van der Waals surface area contributed by atoms with Gasteiger partial charge in [-0.2, -0.15) is 18.4 Å². The summed E-state index contributed by atoms with van der Waals surface area (Å²) in [5, 5.41) is 7.86. The summed E-state index contributed by atoms with van der Waals surface area (Å²) in [7, 11) is 0. The van der Waals surface area contributed by atoms with Crippen molar-refractivity contribution >= 4 is 17.7 Å². The highest BCUT2D eigenvalue weighted by molar-refractivity contribution is 6.31. The Morgan fingerprint density at radius 1 is 1.33 bits per heavy atom. The van der Waals surface area contributed by atoms with Crippen LogP contribution in [-0.2, 0) is 6.18 Å². The average Bonchev–Trinajstić information content (AvgIpc) is 2.12. The van der Waals surface area contributed by atoms with Crippen LogP contribution in [0.1, 0.15) is 11.1 Å². The van der Waals surface area contributed by atoms with Gasteiger partial charge >= 0.3 is 6.18 Å². The normalized spacial score (nSPS) is 11.7. The molecule has 0 saturated heterocycles. The Labute approximate surface area is 89.4 Å². The van der Waals surface area contributed by atoms with E-state index in [9.17, 15) is 13.2 Å². The fraction of sp³-hybridized carbons (Fsp3) is 0.100. The molecular formula is C10H5ClF3N. The first-order valence-corrected chi connectivity index (χ1v) is 4.26. The Morgan fingerprint density at radius 2 is 2.00 bits per heavy atom. The molecule has 0 radical (unpaired) electrons. The first kappa shape index (κ1) is 11.6. The summed E-state index contributed by atoms with van der Waals surface area (Å²) in [6.07, 6.45) is -1.90. The summed E-state index contributed by atoms with van der Waals surface area (Å²) >= 11 is 5.46. The molecular weight excluding hydrogens is 227 g/mol. The Bertz CT molecular complexity index is 429. The van der Waals surface area contributed by atoms with Gasteiger partial charge < -0.3 is 0 Å². The van der Waals surface area contributed by atoms with E-state index in [1.165, 1.54) is 18.2 Å². The average molecular weight is 232 g/mol. The highest BCUT2D eigenvalue weighted by atomic mass is 35.5. The molecule has 0 spiro atoms. The Kier molecular flexibility index (Phi) is 3.38. The van der Waals surface area contributed by atoms with Crippen molar-refractivity contribution in [2.24, 2.45) is 0 Å². The third-order valence-corrected chi connectivity index (χ3v) is 1.96. The molecule has 5 heteroatoms. The van der Waals surface area contributed by atoms with Crippen molar-refractivity contribution in [2.45, 2.75) is 6.18 Å². The molecule has 0 aliphatic carbocycles. The quantitative estimate of drug-likeness (QED) is 0.673. The van der Waals surface area contributed by atoms with Gasteiger partial charge in [0.15, 0.2) is 0 Å². The van der Waals surface area contributed by atoms with Gasteiger partial charge in [0.2, 0.25) is 0 Å². The molecule has 15 heavy (non-hydrogen) atoms. The van der Waals surface area contributed by atoms with Crippen LogP contribution in [0.3, 0.4) is 0 Å². The molecule has 0 bridgehead atoms. The van der Waals surface area contributed by atoms with Crippen LogP contribution in [0.4, 0.5) is 13.2 Å². The number of nitriles is 1. The van der Waals surface area contributed by atoms with E-state index in [1.54, 1.807) is 6.07 Å². The van der Waals surface area contributed by atoms with Crippen LogP contribution in [0.25, 0.3) is 6.08 Å². The maximum absolute atomic E-state index is 12.3. The predicted molar refractivity (Wildman–Crippen MR) is 51.1 cm³/mol. The third-order valence-electron chi connectivity index (χ3n) is 1.65. The number of rotatable bonds is 1. The van der Waals surface area contributed by atoms with Crippen molar-refractivity contribution in [1.82, 2.24) is 0 Å². The minimum atomic E-state index is -4.45. The van der Waals surface area contributed by atoms with Crippen molar-refractivity contribution in [1.29, 1.82) is 5.26 Å². The molecule has 78 valence electrons. The van der Waals surface area contributed by atoms with Gasteiger partial charge in [0.25, 0.3) is 0 Å². The zero-order valence-corrected chi connectivity index (χ0v) is 8.10. The van der Waals surface area contributed by atoms with Crippen molar-refractivity contribution < 1.29 is 13.2 Å². The SMILES string of the molecule is N#CC=Cc1ccc(C(F)(F)F)c(Cl)c1. The van der Waals surface area contributed by atoms with E-state index in [0.717, 1.165) is 12.1 Å². The summed E-state index contributed by atoms with van der Waals surface area (Å²) in [5.41, 5.74) is -0.423. The largest absolute Gasteiger partial charge is 0.417 e. The lowest BCUT2D eigenvalue weighted by atomic mass is 10.1. The zero-order valence-electron chi connectivity index (χ0n) is 7.35. The van der Waals surface area contributed by atoms with Gasteiger partial charge in [0.05, 0.1) is 16.7 Å². The number of halogens is 4. The zero-order chi connectivity index (χ0) is 11.5. The minimum absolute atomic E-state index is 0.373. The van der Waals surface area contributed by atoms with Gasteiger partial charge in [-0.1, -0.05) is 17.7 Å². The Morgan fingerprint density at radius 3 is 2.47 bits per heavy atom. The number of hydrogen-bond donors (Lipinski definition) is 0. The molecule has 0 atom stereocenters. The smallest absolute Gasteiger partial charge is 0.193 e. The monoisotopic (exact) mass is 231 g/mol.